The molecule has 2 fully saturated rings. The summed E-state index contributed by atoms with van der Waals surface area (Å²) in [5.74, 6) is 0.782. The van der Waals surface area contributed by atoms with Gasteiger partial charge in [-0.3, -0.25) is 4.90 Å². The highest BCUT2D eigenvalue weighted by Gasteiger charge is 2.24. The number of anilines is 1. The smallest absolute Gasteiger partial charge is 0.339 e. The fourth-order valence-corrected chi connectivity index (χ4v) is 5.69. The molecule has 252 valence electrons. The lowest BCUT2D eigenvalue weighted by molar-refractivity contribution is -0.144. The number of methoxy groups -OCH3 is 3. The number of hydrogen-bond acceptors (Lipinski definition) is 11. The van der Waals surface area contributed by atoms with Crippen molar-refractivity contribution in [2.75, 3.05) is 85.8 Å². The Morgan fingerprint density at radius 2 is 1.60 bits per heavy atom. The van der Waals surface area contributed by atoms with Gasteiger partial charge in [0.25, 0.3) is 0 Å². The first-order chi connectivity index (χ1) is 22.8. The number of fused-ring (bicyclic) bond motifs is 1. The van der Waals surface area contributed by atoms with Crippen molar-refractivity contribution in [3.63, 3.8) is 0 Å². The number of amides is 2. The van der Waals surface area contributed by atoms with Crippen LogP contribution in [0.25, 0.3) is 17.0 Å². The van der Waals surface area contributed by atoms with Crippen molar-refractivity contribution in [2.24, 2.45) is 0 Å². The average molecular weight is 652 g/mol. The van der Waals surface area contributed by atoms with Gasteiger partial charge in [-0.05, 0) is 48.4 Å². The number of aryl methyl sites for hydroxylation is 1. The maximum Gasteiger partial charge on any atom is 0.339 e. The summed E-state index contributed by atoms with van der Waals surface area (Å²) in [5.41, 5.74) is 2.13. The Morgan fingerprint density at radius 1 is 0.936 bits per heavy atom. The van der Waals surface area contributed by atoms with E-state index in [1.54, 1.807) is 35.2 Å². The molecule has 13 nitrogen and oxygen atoms in total. The molecule has 3 aromatic rings. The van der Waals surface area contributed by atoms with Gasteiger partial charge in [0, 0.05) is 67.9 Å². The molecule has 0 spiro atoms. The monoisotopic (exact) mass is 651 g/mol. The van der Waals surface area contributed by atoms with Crippen LogP contribution >= 0.6 is 0 Å². The zero-order valence-corrected chi connectivity index (χ0v) is 27.2. The standard InChI is InChI=1S/C34H41N3O10/c1-22-26-7-6-24(35-34(40)37-11-15-45-16-12-37)19-28(26)47-33(39)27(22)20-25(21-36-9-13-44-14-10-36)46-31(38)8-5-23-17-29(41-2)32(43-4)30(18-23)42-3/h5-8,17-19,25H,9-16,20-21H2,1-4H3,(H,35,40)/b8-5-/t25-/m1/s1. The number of nitrogens with zero attached hydrogens (tertiary/aromatic N) is 2. The van der Waals surface area contributed by atoms with E-state index >= 15 is 0 Å². The molecule has 0 bridgehead atoms. The number of ether oxygens (including phenoxy) is 6. The second kappa shape index (κ2) is 15.8. The van der Waals surface area contributed by atoms with Crippen LogP contribution in [0.15, 0.2) is 45.6 Å². The topological polar surface area (TPSA) is 138 Å². The molecule has 1 N–H and O–H groups in total. The minimum Gasteiger partial charge on any atom is -0.493 e. The number of rotatable bonds is 11. The Balaban J connectivity index is 1.35. The molecule has 1 atom stereocenters. The van der Waals surface area contributed by atoms with Gasteiger partial charge in [-0.2, -0.15) is 0 Å². The summed E-state index contributed by atoms with van der Waals surface area (Å²) in [4.78, 5) is 42.9. The van der Waals surface area contributed by atoms with E-state index in [1.165, 1.54) is 27.4 Å². The second-order valence-corrected chi connectivity index (χ2v) is 11.2. The largest absolute Gasteiger partial charge is 0.493 e. The third-order valence-electron chi connectivity index (χ3n) is 8.22. The highest BCUT2D eigenvalue weighted by atomic mass is 16.5. The summed E-state index contributed by atoms with van der Waals surface area (Å²) < 4.78 is 38.7. The van der Waals surface area contributed by atoms with E-state index in [-0.39, 0.29) is 12.5 Å². The van der Waals surface area contributed by atoms with Crippen molar-refractivity contribution in [1.82, 2.24) is 9.80 Å². The fraction of sp³-hybridized carbons (Fsp3) is 0.441. The van der Waals surface area contributed by atoms with Gasteiger partial charge in [0.2, 0.25) is 5.75 Å². The molecular formula is C34H41N3O10. The molecule has 0 unspecified atom stereocenters. The Kier molecular flexibility index (Phi) is 11.4. The van der Waals surface area contributed by atoms with Crippen molar-refractivity contribution in [3.05, 3.63) is 63.5 Å². The third kappa shape index (κ3) is 8.42. The molecular weight excluding hydrogens is 610 g/mol. The summed E-state index contributed by atoms with van der Waals surface area (Å²) in [5, 5.41) is 3.59. The van der Waals surface area contributed by atoms with Crippen molar-refractivity contribution in [3.8, 4) is 17.2 Å². The summed E-state index contributed by atoms with van der Waals surface area (Å²) in [6, 6.07) is 8.44. The van der Waals surface area contributed by atoms with Crippen molar-refractivity contribution in [2.45, 2.75) is 19.4 Å². The van der Waals surface area contributed by atoms with Gasteiger partial charge in [-0.15, -0.1) is 0 Å². The normalized spacial score (nSPS) is 16.2. The van der Waals surface area contributed by atoms with Crippen LogP contribution in [0, 0.1) is 6.92 Å². The summed E-state index contributed by atoms with van der Waals surface area (Å²) in [7, 11) is 4.55. The van der Waals surface area contributed by atoms with Gasteiger partial charge in [0.15, 0.2) is 11.5 Å². The molecule has 13 heteroatoms. The zero-order valence-electron chi connectivity index (χ0n) is 27.2. The minimum atomic E-state index is -0.642. The molecule has 0 radical (unpaired) electrons. The highest BCUT2D eigenvalue weighted by molar-refractivity contribution is 5.93. The molecule has 5 rings (SSSR count). The maximum atomic E-state index is 13.3. The first-order valence-electron chi connectivity index (χ1n) is 15.5. The van der Waals surface area contributed by atoms with E-state index in [0.717, 1.165) is 10.9 Å². The molecule has 2 aliphatic rings. The Labute approximate surface area is 272 Å². The lowest BCUT2D eigenvalue weighted by Gasteiger charge is -2.30. The van der Waals surface area contributed by atoms with Gasteiger partial charge >= 0.3 is 17.6 Å². The van der Waals surface area contributed by atoms with Crippen molar-refractivity contribution < 1.29 is 42.4 Å². The van der Waals surface area contributed by atoms with Gasteiger partial charge in [0.05, 0.1) is 47.8 Å². The molecule has 1 aromatic heterocycles. The van der Waals surface area contributed by atoms with E-state index < -0.39 is 17.7 Å². The van der Waals surface area contributed by atoms with Crippen LogP contribution in [0.1, 0.15) is 16.7 Å². The summed E-state index contributed by atoms with van der Waals surface area (Å²) >= 11 is 0. The van der Waals surface area contributed by atoms with E-state index in [0.29, 0.717) is 98.8 Å². The lowest BCUT2D eigenvalue weighted by atomic mass is 10.0. The highest BCUT2D eigenvalue weighted by Crippen LogP contribution is 2.38. The lowest BCUT2D eigenvalue weighted by Crippen LogP contribution is -2.43. The Bertz CT molecular complexity index is 1630. The van der Waals surface area contributed by atoms with Crippen LogP contribution in [-0.4, -0.2) is 108 Å². The van der Waals surface area contributed by atoms with Crippen LogP contribution in [0.5, 0.6) is 17.2 Å². The molecule has 2 aliphatic heterocycles. The third-order valence-corrected chi connectivity index (χ3v) is 8.22. The number of morpholine rings is 2. The Morgan fingerprint density at radius 3 is 2.23 bits per heavy atom. The van der Waals surface area contributed by atoms with Crippen LogP contribution in [0.3, 0.4) is 0 Å². The number of nitrogens with one attached hydrogen (secondary N) is 1. The van der Waals surface area contributed by atoms with E-state index in [2.05, 4.69) is 10.2 Å². The second-order valence-electron chi connectivity index (χ2n) is 11.2. The molecule has 0 saturated carbocycles. The van der Waals surface area contributed by atoms with Gasteiger partial charge in [0.1, 0.15) is 11.7 Å². The molecule has 2 amide bonds. The van der Waals surface area contributed by atoms with Gasteiger partial charge in [-0.1, -0.05) is 0 Å². The van der Waals surface area contributed by atoms with Crippen molar-refractivity contribution in [1.29, 1.82) is 0 Å². The van der Waals surface area contributed by atoms with E-state index in [1.807, 2.05) is 13.0 Å². The van der Waals surface area contributed by atoms with Gasteiger partial charge in [-0.25, -0.2) is 14.4 Å². The first-order valence-corrected chi connectivity index (χ1v) is 15.5. The van der Waals surface area contributed by atoms with E-state index in [9.17, 15) is 14.4 Å². The molecule has 47 heavy (non-hydrogen) atoms. The SMILES string of the molecule is COc1cc(/C=C\C(=O)O[C@H](Cc2c(C)c3ccc(NC(=O)N4CCOCC4)cc3oc2=O)CN2CCOCC2)cc(OC)c1OC. The average Bonchev–Trinajstić information content (AvgIpc) is 3.09. The van der Waals surface area contributed by atoms with Crippen LogP contribution in [0.2, 0.25) is 0 Å². The number of carbonyl (C=O) groups excluding carboxylic acids is 2. The number of benzene rings is 2. The van der Waals surface area contributed by atoms with Crippen LogP contribution in [-0.2, 0) is 25.4 Å². The number of esters is 1. The number of carbonyl (C=O) groups is 2. The predicted molar refractivity (Wildman–Crippen MR) is 175 cm³/mol. The predicted octanol–water partition coefficient (Wildman–Crippen LogP) is 3.49. The van der Waals surface area contributed by atoms with Crippen LogP contribution in [0.4, 0.5) is 10.5 Å². The number of urea groups is 1. The number of hydrogen-bond donors (Lipinski definition) is 1. The van der Waals surface area contributed by atoms with E-state index in [4.69, 9.17) is 32.8 Å². The molecule has 2 aromatic carbocycles. The molecule has 3 heterocycles. The molecule has 2 saturated heterocycles. The summed E-state index contributed by atoms with van der Waals surface area (Å²) in [6.07, 6.45) is 2.44. The minimum absolute atomic E-state index is 0.154. The Hall–Kier alpha value is -4.59. The summed E-state index contributed by atoms with van der Waals surface area (Å²) in [6.45, 7) is 6.77. The van der Waals surface area contributed by atoms with Crippen molar-refractivity contribution >= 4 is 34.7 Å². The molecule has 0 aliphatic carbocycles. The van der Waals surface area contributed by atoms with Crippen LogP contribution < -0.4 is 25.2 Å². The fourth-order valence-electron chi connectivity index (χ4n) is 5.69. The maximum absolute atomic E-state index is 13.3. The van der Waals surface area contributed by atoms with Gasteiger partial charge < -0.3 is 43.1 Å². The quantitative estimate of drug-likeness (QED) is 0.185. The first kappa shape index (κ1) is 33.8. The zero-order chi connectivity index (χ0) is 33.3.